The first-order valence-electron chi connectivity index (χ1n) is 11.9. The molecule has 5 heterocycles. The fraction of sp³-hybridized carbons (Fsp3) is 0.520. The third kappa shape index (κ3) is 4.77. The lowest BCUT2D eigenvalue weighted by Crippen LogP contribution is -2.40. The van der Waals surface area contributed by atoms with Crippen molar-refractivity contribution in [3.05, 3.63) is 58.8 Å². The van der Waals surface area contributed by atoms with Crippen LogP contribution in [-0.2, 0) is 22.5 Å². The van der Waals surface area contributed by atoms with Crippen molar-refractivity contribution in [1.29, 1.82) is 0 Å². The Morgan fingerprint density at radius 3 is 2.73 bits per heavy atom. The van der Waals surface area contributed by atoms with Crippen LogP contribution in [0.25, 0.3) is 5.65 Å². The van der Waals surface area contributed by atoms with Crippen LogP contribution in [0.4, 0.5) is 0 Å². The molecule has 0 saturated carbocycles. The standard InChI is InChI=1S/C25H32N6O2/c1-18-22(3-4-25(32)30-11-13-33-14-12-30)19(2)31-24(27-18)15-23(28-31)21-7-10-29(17-21)16-20-5-8-26-9-6-20/h5-6,8-9,15,21H,3-4,7,10-14,16-17H2,1-2H3. The van der Waals surface area contributed by atoms with E-state index in [9.17, 15) is 4.79 Å². The number of likely N-dealkylation sites (tertiary alicyclic amines) is 1. The number of aryl methyl sites for hydroxylation is 2. The van der Waals surface area contributed by atoms with Crippen LogP contribution in [0, 0.1) is 13.8 Å². The molecule has 174 valence electrons. The second-order valence-corrected chi connectivity index (χ2v) is 9.17. The van der Waals surface area contributed by atoms with Crippen molar-refractivity contribution in [2.24, 2.45) is 0 Å². The minimum atomic E-state index is 0.193. The highest BCUT2D eigenvalue weighted by Crippen LogP contribution is 2.29. The van der Waals surface area contributed by atoms with Crippen molar-refractivity contribution >= 4 is 11.6 Å². The molecule has 0 N–H and O–H groups in total. The molecule has 2 fully saturated rings. The van der Waals surface area contributed by atoms with Crippen LogP contribution < -0.4 is 0 Å². The fourth-order valence-corrected chi connectivity index (χ4v) is 5.07. The Morgan fingerprint density at radius 1 is 1.15 bits per heavy atom. The smallest absolute Gasteiger partial charge is 0.223 e. The molecule has 33 heavy (non-hydrogen) atoms. The van der Waals surface area contributed by atoms with Gasteiger partial charge in [0.15, 0.2) is 5.65 Å². The summed E-state index contributed by atoms with van der Waals surface area (Å²) in [6.07, 6.45) is 6.00. The molecule has 1 unspecified atom stereocenters. The molecular weight excluding hydrogens is 416 g/mol. The molecule has 2 aliphatic rings. The number of nitrogens with zero attached hydrogens (tertiary/aromatic N) is 6. The molecule has 2 saturated heterocycles. The highest BCUT2D eigenvalue weighted by atomic mass is 16.5. The number of hydrogen-bond donors (Lipinski definition) is 0. The molecule has 8 nitrogen and oxygen atoms in total. The van der Waals surface area contributed by atoms with E-state index in [1.54, 1.807) is 0 Å². The van der Waals surface area contributed by atoms with Crippen molar-refractivity contribution in [1.82, 2.24) is 29.4 Å². The molecule has 3 aromatic heterocycles. The van der Waals surface area contributed by atoms with E-state index in [4.69, 9.17) is 14.8 Å². The summed E-state index contributed by atoms with van der Waals surface area (Å²) in [7, 11) is 0. The predicted octanol–water partition coefficient (Wildman–Crippen LogP) is 2.52. The van der Waals surface area contributed by atoms with E-state index in [-0.39, 0.29) is 5.91 Å². The molecule has 5 rings (SSSR count). The summed E-state index contributed by atoms with van der Waals surface area (Å²) in [5, 5.41) is 4.96. The van der Waals surface area contributed by atoms with Gasteiger partial charge in [-0.05, 0) is 56.5 Å². The summed E-state index contributed by atoms with van der Waals surface area (Å²) in [4.78, 5) is 26.0. The van der Waals surface area contributed by atoms with E-state index in [0.29, 0.717) is 45.1 Å². The molecule has 0 aliphatic carbocycles. The van der Waals surface area contributed by atoms with Gasteiger partial charge in [0.05, 0.1) is 18.9 Å². The van der Waals surface area contributed by atoms with Gasteiger partial charge in [0.2, 0.25) is 5.91 Å². The third-order valence-electron chi connectivity index (χ3n) is 6.98. The SMILES string of the molecule is Cc1nc2cc(C3CCN(Cc4ccncc4)C3)nn2c(C)c1CCC(=O)N1CCOCC1. The Balaban J connectivity index is 1.28. The average molecular weight is 449 g/mol. The molecule has 8 heteroatoms. The van der Waals surface area contributed by atoms with Gasteiger partial charge in [-0.15, -0.1) is 0 Å². The van der Waals surface area contributed by atoms with Crippen molar-refractivity contribution in [2.75, 3.05) is 39.4 Å². The van der Waals surface area contributed by atoms with E-state index in [2.05, 4.69) is 35.0 Å². The second kappa shape index (κ2) is 9.57. The summed E-state index contributed by atoms with van der Waals surface area (Å²) in [5.41, 5.74) is 6.52. The Hall–Kier alpha value is -2.84. The van der Waals surface area contributed by atoms with Gasteiger partial charge in [-0.25, -0.2) is 9.50 Å². The molecule has 1 atom stereocenters. The minimum absolute atomic E-state index is 0.193. The van der Waals surface area contributed by atoms with Crippen LogP contribution >= 0.6 is 0 Å². The van der Waals surface area contributed by atoms with Crippen LogP contribution in [0.2, 0.25) is 0 Å². The maximum absolute atomic E-state index is 12.6. The zero-order chi connectivity index (χ0) is 22.8. The number of morpholine rings is 1. The van der Waals surface area contributed by atoms with Crippen LogP contribution in [0.5, 0.6) is 0 Å². The molecule has 1 amide bonds. The number of rotatable bonds is 6. The Labute approximate surface area is 194 Å². The van der Waals surface area contributed by atoms with Gasteiger partial charge in [-0.3, -0.25) is 14.7 Å². The fourth-order valence-electron chi connectivity index (χ4n) is 5.07. The average Bonchev–Trinajstić information content (AvgIpc) is 3.47. The lowest BCUT2D eigenvalue weighted by atomic mass is 10.1. The first kappa shape index (κ1) is 22.0. The van der Waals surface area contributed by atoms with Gasteiger partial charge in [0.25, 0.3) is 0 Å². The van der Waals surface area contributed by atoms with Gasteiger partial charge in [0.1, 0.15) is 0 Å². The number of carbonyl (C=O) groups is 1. The maximum atomic E-state index is 12.6. The molecule has 0 bridgehead atoms. The van der Waals surface area contributed by atoms with Crippen molar-refractivity contribution < 1.29 is 9.53 Å². The summed E-state index contributed by atoms with van der Waals surface area (Å²) in [5.74, 6) is 0.609. The first-order valence-corrected chi connectivity index (χ1v) is 11.9. The molecule has 0 radical (unpaired) electrons. The Bertz CT molecular complexity index is 1120. The number of amides is 1. The van der Waals surface area contributed by atoms with Crippen LogP contribution in [0.1, 0.15) is 47.0 Å². The highest BCUT2D eigenvalue weighted by Gasteiger charge is 2.27. The summed E-state index contributed by atoms with van der Waals surface area (Å²) >= 11 is 0. The van der Waals surface area contributed by atoms with Gasteiger partial charge in [-0.2, -0.15) is 5.10 Å². The molecule has 0 spiro atoms. The summed E-state index contributed by atoms with van der Waals surface area (Å²) in [6, 6.07) is 6.31. The zero-order valence-electron chi connectivity index (χ0n) is 19.5. The van der Waals surface area contributed by atoms with E-state index >= 15 is 0 Å². The monoisotopic (exact) mass is 448 g/mol. The van der Waals surface area contributed by atoms with Crippen molar-refractivity contribution in [3.63, 3.8) is 0 Å². The number of pyridine rings is 1. The van der Waals surface area contributed by atoms with Gasteiger partial charge in [-0.1, -0.05) is 0 Å². The number of ether oxygens (including phenoxy) is 1. The van der Waals surface area contributed by atoms with E-state index in [1.807, 2.05) is 28.7 Å². The second-order valence-electron chi connectivity index (χ2n) is 9.17. The number of hydrogen-bond acceptors (Lipinski definition) is 6. The largest absolute Gasteiger partial charge is 0.378 e. The maximum Gasteiger partial charge on any atom is 0.223 e. The highest BCUT2D eigenvalue weighted by molar-refractivity contribution is 5.76. The number of aromatic nitrogens is 4. The van der Waals surface area contributed by atoms with Gasteiger partial charge < -0.3 is 9.64 Å². The van der Waals surface area contributed by atoms with Crippen LogP contribution in [-0.4, -0.2) is 74.7 Å². The topological polar surface area (TPSA) is 75.9 Å². The Morgan fingerprint density at radius 2 is 1.94 bits per heavy atom. The molecule has 3 aromatic rings. The summed E-state index contributed by atoms with van der Waals surface area (Å²) < 4.78 is 7.33. The number of fused-ring (bicyclic) bond motifs is 1. The minimum Gasteiger partial charge on any atom is -0.378 e. The first-order chi connectivity index (χ1) is 16.1. The zero-order valence-corrected chi connectivity index (χ0v) is 19.5. The quantitative estimate of drug-likeness (QED) is 0.577. The lowest BCUT2D eigenvalue weighted by molar-refractivity contribution is -0.135. The molecule has 0 aromatic carbocycles. The van der Waals surface area contributed by atoms with Crippen LogP contribution in [0.3, 0.4) is 0 Å². The summed E-state index contributed by atoms with van der Waals surface area (Å²) in [6.45, 7) is 9.81. The number of carbonyl (C=O) groups excluding carboxylic acids is 1. The van der Waals surface area contributed by atoms with Crippen LogP contribution in [0.15, 0.2) is 30.6 Å². The van der Waals surface area contributed by atoms with E-state index < -0.39 is 0 Å². The van der Waals surface area contributed by atoms with Gasteiger partial charge >= 0.3 is 0 Å². The van der Waals surface area contributed by atoms with Gasteiger partial charge in [0, 0.05) is 68.4 Å². The van der Waals surface area contributed by atoms with E-state index in [0.717, 1.165) is 54.3 Å². The lowest BCUT2D eigenvalue weighted by Gasteiger charge is -2.27. The molecule has 2 aliphatic heterocycles. The third-order valence-corrected chi connectivity index (χ3v) is 6.98. The Kier molecular flexibility index (Phi) is 6.37. The van der Waals surface area contributed by atoms with Crippen molar-refractivity contribution in [3.8, 4) is 0 Å². The predicted molar refractivity (Wildman–Crippen MR) is 125 cm³/mol. The van der Waals surface area contributed by atoms with E-state index in [1.165, 1.54) is 5.56 Å². The molecular formula is C25H32N6O2. The van der Waals surface area contributed by atoms with Crippen molar-refractivity contribution in [2.45, 2.75) is 45.6 Å². The normalized spacial score (nSPS) is 19.5.